The summed E-state index contributed by atoms with van der Waals surface area (Å²) in [5.74, 6) is 0.335. The number of amides is 1. The maximum absolute atomic E-state index is 12.1. The summed E-state index contributed by atoms with van der Waals surface area (Å²) in [6, 6.07) is 7.52. The number of para-hydroxylation sites is 1. The Bertz CT molecular complexity index is 617. The number of fused-ring (bicyclic) bond motifs is 1. The Morgan fingerprint density at radius 2 is 2.33 bits per heavy atom. The van der Waals surface area contributed by atoms with Gasteiger partial charge < -0.3 is 20.8 Å². The summed E-state index contributed by atoms with van der Waals surface area (Å²) in [6.07, 6.45) is 3.48. The van der Waals surface area contributed by atoms with Crippen molar-refractivity contribution in [3.8, 4) is 0 Å². The van der Waals surface area contributed by atoms with Gasteiger partial charge in [0.1, 0.15) is 0 Å². The summed E-state index contributed by atoms with van der Waals surface area (Å²) >= 11 is 0. The van der Waals surface area contributed by atoms with Crippen molar-refractivity contribution in [1.29, 1.82) is 0 Å². The topological polar surface area (TPSA) is 80.1 Å². The molecule has 0 aliphatic carbocycles. The summed E-state index contributed by atoms with van der Waals surface area (Å²) < 4.78 is 5.30. The molecule has 1 aromatic carbocycles. The number of nitrogens with two attached hydrogens (primary N) is 1. The standard InChI is InChI=1S/C16H21N3O2/c17-14(16(20)19-8-11-5-6-21-10-11)7-12-9-18-15-4-2-1-3-13(12)15/h1-4,9,11,14,18H,5-8,10,17H2,(H,19,20)/t11?,14-/m0/s1. The van der Waals surface area contributed by atoms with Gasteiger partial charge in [-0.25, -0.2) is 0 Å². The third kappa shape index (κ3) is 3.25. The molecule has 5 nitrogen and oxygen atoms in total. The number of hydrogen-bond donors (Lipinski definition) is 3. The van der Waals surface area contributed by atoms with E-state index in [9.17, 15) is 4.79 Å². The monoisotopic (exact) mass is 287 g/mol. The first kappa shape index (κ1) is 14.1. The van der Waals surface area contributed by atoms with E-state index in [1.165, 1.54) is 0 Å². The molecule has 1 aliphatic heterocycles. The van der Waals surface area contributed by atoms with Gasteiger partial charge in [0.15, 0.2) is 0 Å². The smallest absolute Gasteiger partial charge is 0.237 e. The van der Waals surface area contributed by atoms with Crippen LogP contribution in [0.4, 0.5) is 0 Å². The van der Waals surface area contributed by atoms with E-state index >= 15 is 0 Å². The molecule has 2 atom stereocenters. The largest absolute Gasteiger partial charge is 0.381 e. The lowest BCUT2D eigenvalue weighted by Gasteiger charge is -2.14. The normalized spacial score (nSPS) is 19.8. The fourth-order valence-corrected chi connectivity index (χ4v) is 2.75. The average Bonchev–Trinajstić information content (AvgIpc) is 3.15. The van der Waals surface area contributed by atoms with Crippen molar-refractivity contribution in [1.82, 2.24) is 10.3 Å². The highest BCUT2D eigenvalue weighted by molar-refractivity contribution is 5.86. The first-order valence-corrected chi connectivity index (χ1v) is 7.40. The van der Waals surface area contributed by atoms with Crippen molar-refractivity contribution in [3.63, 3.8) is 0 Å². The minimum absolute atomic E-state index is 0.0906. The van der Waals surface area contributed by atoms with E-state index in [2.05, 4.69) is 10.3 Å². The van der Waals surface area contributed by atoms with Gasteiger partial charge in [-0.15, -0.1) is 0 Å². The van der Waals surface area contributed by atoms with Crippen LogP contribution in [0.5, 0.6) is 0 Å². The third-order valence-corrected chi connectivity index (χ3v) is 4.04. The lowest BCUT2D eigenvalue weighted by atomic mass is 10.0. The molecular formula is C16H21N3O2. The molecule has 3 rings (SSSR count). The van der Waals surface area contributed by atoms with Crippen LogP contribution in [-0.4, -0.2) is 36.7 Å². The highest BCUT2D eigenvalue weighted by Crippen LogP contribution is 2.18. The predicted molar refractivity (Wildman–Crippen MR) is 81.9 cm³/mol. The highest BCUT2D eigenvalue weighted by atomic mass is 16.5. The van der Waals surface area contributed by atoms with Crippen LogP contribution in [0, 0.1) is 5.92 Å². The Hall–Kier alpha value is -1.85. The van der Waals surface area contributed by atoms with Crippen LogP contribution in [0.3, 0.4) is 0 Å². The molecule has 0 radical (unpaired) electrons. The fourth-order valence-electron chi connectivity index (χ4n) is 2.75. The first-order chi connectivity index (χ1) is 10.2. The SMILES string of the molecule is N[C@@H](Cc1c[nH]c2ccccc12)C(=O)NCC1CCOC1. The minimum atomic E-state index is -0.522. The summed E-state index contributed by atoms with van der Waals surface area (Å²) in [6.45, 7) is 2.18. The van der Waals surface area contributed by atoms with Gasteiger partial charge in [-0.3, -0.25) is 4.79 Å². The van der Waals surface area contributed by atoms with Crippen molar-refractivity contribution in [2.24, 2.45) is 11.7 Å². The van der Waals surface area contributed by atoms with E-state index in [1.54, 1.807) is 0 Å². The molecule has 1 saturated heterocycles. The second-order valence-electron chi connectivity index (χ2n) is 5.64. The van der Waals surface area contributed by atoms with E-state index in [0.29, 0.717) is 18.9 Å². The van der Waals surface area contributed by atoms with Crippen LogP contribution >= 0.6 is 0 Å². The quantitative estimate of drug-likeness (QED) is 0.773. The van der Waals surface area contributed by atoms with E-state index in [4.69, 9.17) is 10.5 Å². The molecule has 1 fully saturated rings. The van der Waals surface area contributed by atoms with Crippen LogP contribution in [0.2, 0.25) is 0 Å². The number of hydrogen-bond acceptors (Lipinski definition) is 3. The fraction of sp³-hybridized carbons (Fsp3) is 0.438. The Morgan fingerprint density at radius 1 is 1.48 bits per heavy atom. The van der Waals surface area contributed by atoms with Crippen molar-refractivity contribution in [2.75, 3.05) is 19.8 Å². The predicted octanol–water partition coefficient (Wildman–Crippen LogP) is 1.19. The molecular weight excluding hydrogens is 266 g/mol. The Labute approximate surface area is 123 Å². The number of nitrogens with one attached hydrogen (secondary N) is 2. The lowest BCUT2D eigenvalue weighted by Crippen LogP contribution is -2.43. The molecule has 0 spiro atoms. The molecule has 2 heterocycles. The number of rotatable bonds is 5. The van der Waals surface area contributed by atoms with Gasteiger partial charge in [-0.2, -0.15) is 0 Å². The van der Waals surface area contributed by atoms with Gasteiger partial charge in [0, 0.05) is 36.2 Å². The number of H-pyrrole nitrogens is 1. The van der Waals surface area contributed by atoms with Crippen LogP contribution in [0.15, 0.2) is 30.5 Å². The molecule has 1 aromatic heterocycles. The second-order valence-corrected chi connectivity index (χ2v) is 5.64. The summed E-state index contributed by atoms with van der Waals surface area (Å²) in [7, 11) is 0. The molecule has 2 aromatic rings. The molecule has 1 unspecified atom stereocenters. The Morgan fingerprint density at radius 3 is 3.14 bits per heavy atom. The summed E-state index contributed by atoms with van der Waals surface area (Å²) in [4.78, 5) is 15.3. The molecule has 112 valence electrons. The van der Waals surface area contributed by atoms with Crippen LogP contribution in [-0.2, 0) is 16.0 Å². The van der Waals surface area contributed by atoms with Gasteiger partial charge in [-0.1, -0.05) is 18.2 Å². The summed E-state index contributed by atoms with van der Waals surface area (Å²) in [5.41, 5.74) is 8.18. The van der Waals surface area contributed by atoms with Gasteiger partial charge in [-0.05, 0) is 24.5 Å². The van der Waals surface area contributed by atoms with Crippen molar-refractivity contribution in [2.45, 2.75) is 18.9 Å². The number of carbonyl (C=O) groups is 1. The zero-order valence-electron chi connectivity index (χ0n) is 12.0. The first-order valence-electron chi connectivity index (χ1n) is 7.40. The highest BCUT2D eigenvalue weighted by Gasteiger charge is 2.20. The summed E-state index contributed by atoms with van der Waals surface area (Å²) in [5, 5.41) is 4.06. The Balaban J connectivity index is 1.57. The number of carbonyl (C=O) groups excluding carboxylic acids is 1. The van der Waals surface area contributed by atoms with Crippen molar-refractivity contribution < 1.29 is 9.53 Å². The zero-order valence-corrected chi connectivity index (χ0v) is 12.0. The van der Waals surface area contributed by atoms with E-state index in [-0.39, 0.29) is 5.91 Å². The number of ether oxygens (including phenoxy) is 1. The van der Waals surface area contributed by atoms with Gasteiger partial charge >= 0.3 is 0 Å². The van der Waals surface area contributed by atoms with Crippen LogP contribution in [0.1, 0.15) is 12.0 Å². The lowest BCUT2D eigenvalue weighted by molar-refractivity contribution is -0.122. The molecule has 0 bridgehead atoms. The molecule has 0 saturated carbocycles. The van der Waals surface area contributed by atoms with Gasteiger partial charge in [0.05, 0.1) is 12.6 Å². The second kappa shape index (κ2) is 6.28. The third-order valence-electron chi connectivity index (χ3n) is 4.04. The van der Waals surface area contributed by atoms with Gasteiger partial charge in [0.25, 0.3) is 0 Å². The molecule has 1 amide bonds. The average molecular weight is 287 g/mol. The molecule has 4 N–H and O–H groups in total. The molecule has 1 aliphatic rings. The Kier molecular flexibility index (Phi) is 4.22. The van der Waals surface area contributed by atoms with Crippen molar-refractivity contribution >= 4 is 16.8 Å². The zero-order chi connectivity index (χ0) is 14.7. The molecule has 5 heteroatoms. The van der Waals surface area contributed by atoms with Crippen LogP contribution in [0.25, 0.3) is 10.9 Å². The maximum Gasteiger partial charge on any atom is 0.237 e. The minimum Gasteiger partial charge on any atom is -0.381 e. The van der Waals surface area contributed by atoms with Crippen molar-refractivity contribution in [3.05, 3.63) is 36.0 Å². The number of benzene rings is 1. The van der Waals surface area contributed by atoms with Crippen LogP contribution < -0.4 is 11.1 Å². The van der Waals surface area contributed by atoms with E-state index < -0.39 is 6.04 Å². The number of aromatic amines is 1. The van der Waals surface area contributed by atoms with E-state index in [1.807, 2.05) is 30.5 Å². The van der Waals surface area contributed by atoms with E-state index in [0.717, 1.165) is 36.1 Å². The van der Waals surface area contributed by atoms with Gasteiger partial charge in [0.2, 0.25) is 5.91 Å². The maximum atomic E-state index is 12.1. The number of aromatic nitrogens is 1. The molecule has 21 heavy (non-hydrogen) atoms.